The highest BCUT2D eigenvalue weighted by molar-refractivity contribution is 6.58. The Hall–Kier alpha value is -1.35. The molecular weight excluding hydrogens is 250 g/mol. The fourth-order valence-electron chi connectivity index (χ4n) is 1.10. The standard InChI is InChI=1S/C8H6BF5O3/c10-7(11)5-2-1-4(9(15)16)3-6(5)17-8(12,13)14/h1-3,7,15-16H. The molecule has 0 unspecified atom stereocenters. The molecule has 0 saturated heterocycles. The van der Waals surface area contributed by atoms with Gasteiger partial charge in [-0.15, -0.1) is 13.2 Å². The van der Waals surface area contributed by atoms with E-state index < -0.39 is 31.2 Å². The van der Waals surface area contributed by atoms with Crippen LogP contribution in [0.3, 0.4) is 0 Å². The Bertz CT molecular complexity index is 393. The van der Waals surface area contributed by atoms with Gasteiger partial charge in [0.25, 0.3) is 6.43 Å². The van der Waals surface area contributed by atoms with Gasteiger partial charge in [-0.2, -0.15) is 0 Å². The van der Waals surface area contributed by atoms with Gasteiger partial charge in [0, 0.05) is 0 Å². The van der Waals surface area contributed by atoms with Crippen molar-refractivity contribution in [3.05, 3.63) is 23.8 Å². The predicted molar refractivity (Wildman–Crippen MR) is 47.9 cm³/mol. The first-order chi connectivity index (χ1) is 7.70. The summed E-state index contributed by atoms with van der Waals surface area (Å²) < 4.78 is 63.9. The van der Waals surface area contributed by atoms with E-state index in [-0.39, 0.29) is 5.46 Å². The first-order valence-corrected chi connectivity index (χ1v) is 4.24. The molecule has 0 aliphatic carbocycles. The second kappa shape index (κ2) is 4.88. The molecule has 2 N–H and O–H groups in total. The van der Waals surface area contributed by atoms with Gasteiger partial charge >= 0.3 is 13.5 Å². The quantitative estimate of drug-likeness (QED) is 0.631. The highest BCUT2D eigenvalue weighted by Gasteiger charge is 2.33. The van der Waals surface area contributed by atoms with Crippen LogP contribution in [-0.4, -0.2) is 23.5 Å². The van der Waals surface area contributed by atoms with Crippen LogP contribution in [-0.2, 0) is 0 Å². The van der Waals surface area contributed by atoms with Gasteiger partial charge in [0.15, 0.2) is 0 Å². The van der Waals surface area contributed by atoms with Crippen LogP contribution >= 0.6 is 0 Å². The summed E-state index contributed by atoms with van der Waals surface area (Å²) in [5.74, 6) is -1.15. The Morgan fingerprint density at radius 2 is 1.76 bits per heavy atom. The Labute approximate surface area is 92.6 Å². The molecule has 0 atom stereocenters. The normalized spacial score (nSPS) is 11.8. The molecule has 17 heavy (non-hydrogen) atoms. The van der Waals surface area contributed by atoms with E-state index in [1.165, 1.54) is 0 Å². The smallest absolute Gasteiger partial charge is 0.423 e. The monoisotopic (exact) mass is 256 g/mol. The van der Waals surface area contributed by atoms with Crippen molar-refractivity contribution in [1.82, 2.24) is 0 Å². The predicted octanol–water partition coefficient (Wildman–Crippen LogP) is 1.20. The molecule has 9 heteroatoms. The summed E-state index contributed by atoms with van der Waals surface area (Å²) >= 11 is 0. The summed E-state index contributed by atoms with van der Waals surface area (Å²) in [6, 6.07) is 2.01. The van der Waals surface area contributed by atoms with Crippen LogP contribution in [0.15, 0.2) is 18.2 Å². The molecule has 0 heterocycles. The third kappa shape index (κ3) is 3.86. The van der Waals surface area contributed by atoms with Crippen molar-refractivity contribution < 1.29 is 36.7 Å². The minimum Gasteiger partial charge on any atom is -0.423 e. The molecule has 0 radical (unpaired) electrons. The molecule has 0 aromatic heterocycles. The molecule has 0 saturated carbocycles. The Morgan fingerprint density at radius 3 is 2.18 bits per heavy atom. The number of ether oxygens (including phenoxy) is 1. The summed E-state index contributed by atoms with van der Waals surface area (Å²) in [4.78, 5) is 0. The zero-order chi connectivity index (χ0) is 13.2. The highest BCUT2D eigenvalue weighted by Crippen LogP contribution is 2.31. The minimum absolute atomic E-state index is 0.381. The number of halogens is 5. The summed E-state index contributed by atoms with van der Waals surface area (Å²) in [5.41, 5.74) is -1.36. The summed E-state index contributed by atoms with van der Waals surface area (Å²) in [7, 11) is -2.07. The van der Waals surface area contributed by atoms with E-state index in [1.807, 2.05) is 0 Å². The molecule has 0 spiro atoms. The van der Waals surface area contributed by atoms with Gasteiger partial charge in [-0.1, -0.05) is 6.07 Å². The Morgan fingerprint density at radius 1 is 1.18 bits per heavy atom. The summed E-state index contributed by atoms with van der Waals surface area (Å²) in [6.07, 6.45) is -8.31. The van der Waals surface area contributed by atoms with Crippen LogP contribution < -0.4 is 10.2 Å². The molecule has 1 aromatic carbocycles. The van der Waals surface area contributed by atoms with Gasteiger partial charge < -0.3 is 14.8 Å². The summed E-state index contributed by atoms with van der Waals surface area (Å²) in [5, 5.41) is 17.4. The second-order valence-corrected chi connectivity index (χ2v) is 3.02. The zero-order valence-electron chi connectivity index (χ0n) is 8.08. The number of alkyl halides is 5. The van der Waals surface area contributed by atoms with Crippen LogP contribution in [0.4, 0.5) is 22.0 Å². The van der Waals surface area contributed by atoms with Crippen molar-refractivity contribution in [2.24, 2.45) is 0 Å². The van der Waals surface area contributed by atoms with E-state index in [9.17, 15) is 22.0 Å². The highest BCUT2D eigenvalue weighted by atomic mass is 19.4. The topological polar surface area (TPSA) is 49.7 Å². The fraction of sp³-hybridized carbons (Fsp3) is 0.250. The van der Waals surface area contributed by atoms with Crippen LogP contribution in [0.2, 0.25) is 0 Å². The van der Waals surface area contributed by atoms with Crippen molar-refractivity contribution in [2.75, 3.05) is 0 Å². The third-order valence-electron chi connectivity index (χ3n) is 1.80. The molecule has 0 bridgehead atoms. The number of benzene rings is 1. The fourth-order valence-corrected chi connectivity index (χ4v) is 1.10. The van der Waals surface area contributed by atoms with Gasteiger partial charge in [0.1, 0.15) is 5.75 Å². The van der Waals surface area contributed by atoms with E-state index in [0.717, 1.165) is 6.07 Å². The van der Waals surface area contributed by atoms with Crippen molar-refractivity contribution >= 4 is 12.6 Å². The first-order valence-electron chi connectivity index (χ1n) is 4.24. The Balaban J connectivity index is 3.16. The maximum atomic E-state index is 12.4. The molecule has 0 aliphatic rings. The van der Waals surface area contributed by atoms with Crippen LogP contribution in [0.5, 0.6) is 5.75 Å². The lowest BCUT2D eigenvalue weighted by atomic mass is 9.80. The van der Waals surface area contributed by atoms with Gasteiger partial charge in [-0.3, -0.25) is 0 Å². The van der Waals surface area contributed by atoms with E-state index in [4.69, 9.17) is 10.0 Å². The molecule has 3 nitrogen and oxygen atoms in total. The average molecular weight is 256 g/mol. The van der Waals surface area contributed by atoms with E-state index >= 15 is 0 Å². The zero-order valence-corrected chi connectivity index (χ0v) is 8.08. The van der Waals surface area contributed by atoms with E-state index in [2.05, 4.69) is 4.74 Å². The van der Waals surface area contributed by atoms with Crippen LogP contribution in [0.1, 0.15) is 12.0 Å². The molecule has 0 fully saturated rings. The molecular formula is C8H6BF5O3. The van der Waals surface area contributed by atoms with Gasteiger partial charge in [-0.05, 0) is 17.6 Å². The number of hydrogen-bond donors (Lipinski definition) is 2. The average Bonchev–Trinajstić information content (AvgIpc) is 2.14. The van der Waals surface area contributed by atoms with Crippen LogP contribution in [0.25, 0.3) is 0 Å². The van der Waals surface area contributed by atoms with Gasteiger partial charge in [0.2, 0.25) is 0 Å². The van der Waals surface area contributed by atoms with Crippen molar-refractivity contribution in [2.45, 2.75) is 12.8 Å². The van der Waals surface area contributed by atoms with Crippen LogP contribution in [0, 0.1) is 0 Å². The van der Waals surface area contributed by atoms with Gasteiger partial charge in [0.05, 0.1) is 5.56 Å². The SMILES string of the molecule is OB(O)c1ccc(C(F)F)c(OC(F)(F)F)c1. The lowest BCUT2D eigenvalue weighted by molar-refractivity contribution is -0.275. The summed E-state index contributed by atoms with van der Waals surface area (Å²) in [6.45, 7) is 0. The van der Waals surface area contributed by atoms with Crippen molar-refractivity contribution in [3.8, 4) is 5.75 Å². The maximum absolute atomic E-state index is 12.4. The number of rotatable bonds is 3. The first kappa shape index (κ1) is 13.7. The molecule has 0 amide bonds. The number of hydrogen-bond acceptors (Lipinski definition) is 3. The third-order valence-corrected chi connectivity index (χ3v) is 1.80. The van der Waals surface area contributed by atoms with Gasteiger partial charge in [-0.25, -0.2) is 8.78 Å². The largest absolute Gasteiger partial charge is 0.573 e. The van der Waals surface area contributed by atoms with Crippen molar-refractivity contribution in [1.29, 1.82) is 0 Å². The maximum Gasteiger partial charge on any atom is 0.573 e. The van der Waals surface area contributed by atoms with E-state index in [1.54, 1.807) is 0 Å². The Kier molecular flexibility index (Phi) is 3.94. The second-order valence-electron chi connectivity index (χ2n) is 3.02. The lowest BCUT2D eigenvalue weighted by Gasteiger charge is -2.14. The molecule has 1 aromatic rings. The molecule has 0 aliphatic heterocycles. The molecule has 1 rings (SSSR count). The minimum atomic E-state index is -5.14. The lowest BCUT2D eigenvalue weighted by Crippen LogP contribution is -2.30. The van der Waals surface area contributed by atoms with E-state index in [0.29, 0.717) is 12.1 Å². The van der Waals surface area contributed by atoms with Crippen molar-refractivity contribution in [3.63, 3.8) is 0 Å². The molecule has 94 valence electrons.